The Kier molecular flexibility index (Phi) is 10.2. The second-order valence-corrected chi connectivity index (χ2v) is 4.81. The van der Waals surface area contributed by atoms with Gasteiger partial charge in [-0.1, -0.05) is 13.3 Å². The summed E-state index contributed by atoms with van der Waals surface area (Å²) in [7, 11) is 0. The summed E-state index contributed by atoms with van der Waals surface area (Å²) in [6.07, 6.45) is 5.77. The van der Waals surface area contributed by atoms with Crippen LogP contribution < -0.4 is 5.32 Å². The summed E-state index contributed by atoms with van der Waals surface area (Å²) < 4.78 is 0. The molecule has 2 unspecified atom stereocenters. The van der Waals surface area contributed by atoms with Crippen LogP contribution >= 0.6 is 0 Å². The lowest BCUT2D eigenvalue weighted by Gasteiger charge is -2.14. The zero-order chi connectivity index (χ0) is 13.1. The molecule has 0 radical (unpaired) electrons. The van der Waals surface area contributed by atoms with Gasteiger partial charge in [-0.05, 0) is 45.6 Å². The molecule has 102 valence electrons. The molecule has 17 heavy (non-hydrogen) atoms. The second-order valence-electron chi connectivity index (χ2n) is 4.81. The van der Waals surface area contributed by atoms with Crippen molar-refractivity contribution < 1.29 is 15.0 Å². The fourth-order valence-electron chi connectivity index (χ4n) is 1.72. The third-order valence-electron chi connectivity index (χ3n) is 3.02. The van der Waals surface area contributed by atoms with E-state index in [1.165, 1.54) is 0 Å². The fourth-order valence-corrected chi connectivity index (χ4v) is 1.72. The van der Waals surface area contributed by atoms with Crippen LogP contribution in [0.3, 0.4) is 0 Å². The lowest BCUT2D eigenvalue weighted by Crippen LogP contribution is -2.27. The molecule has 0 saturated heterocycles. The van der Waals surface area contributed by atoms with E-state index in [9.17, 15) is 4.79 Å². The van der Waals surface area contributed by atoms with Gasteiger partial charge in [0.15, 0.2) is 0 Å². The maximum Gasteiger partial charge on any atom is 0.306 e. The van der Waals surface area contributed by atoms with Crippen LogP contribution in [0.15, 0.2) is 0 Å². The first-order valence-electron chi connectivity index (χ1n) is 6.65. The van der Waals surface area contributed by atoms with Gasteiger partial charge in [0.2, 0.25) is 0 Å². The SMILES string of the molecule is CC(CCCC(C)C(=O)O)NCCCCCO. The van der Waals surface area contributed by atoms with Crippen LogP contribution in [0.2, 0.25) is 0 Å². The molecule has 0 spiro atoms. The van der Waals surface area contributed by atoms with E-state index >= 15 is 0 Å². The Hall–Kier alpha value is -0.610. The van der Waals surface area contributed by atoms with E-state index in [2.05, 4.69) is 12.2 Å². The molecule has 0 aliphatic rings. The number of carbonyl (C=O) groups is 1. The molecule has 0 bridgehead atoms. The van der Waals surface area contributed by atoms with Crippen LogP contribution in [0.5, 0.6) is 0 Å². The lowest BCUT2D eigenvalue weighted by molar-refractivity contribution is -0.141. The molecule has 0 aliphatic carbocycles. The smallest absolute Gasteiger partial charge is 0.306 e. The number of hydrogen-bond donors (Lipinski definition) is 3. The first-order valence-corrected chi connectivity index (χ1v) is 6.65. The van der Waals surface area contributed by atoms with E-state index < -0.39 is 5.97 Å². The van der Waals surface area contributed by atoms with Crippen molar-refractivity contribution >= 4 is 5.97 Å². The molecule has 0 fully saturated rings. The number of aliphatic carboxylic acids is 1. The van der Waals surface area contributed by atoms with Crippen molar-refractivity contribution in [2.75, 3.05) is 13.2 Å². The zero-order valence-corrected chi connectivity index (χ0v) is 11.1. The molecule has 4 nitrogen and oxygen atoms in total. The average Bonchev–Trinajstić information content (AvgIpc) is 2.28. The molecule has 0 heterocycles. The Morgan fingerprint density at radius 1 is 1.12 bits per heavy atom. The van der Waals surface area contributed by atoms with Crippen molar-refractivity contribution in [3.05, 3.63) is 0 Å². The predicted molar refractivity (Wildman–Crippen MR) is 69.1 cm³/mol. The number of rotatable bonds is 11. The van der Waals surface area contributed by atoms with Gasteiger partial charge in [-0.25, -0.2) is 0 Å². The number of carboxylic acids is 1. The molecular weight excluding hydrogens is 218 g/mol. The van der Waals surface area contributed by atoms with Crippen molar-refractivity contribution in [2.45, 2.75) is 58.4 Å². The number of aliphatic hydroxyl groups excluding tert-OH is 1. The normalized spacial score (nSPS) is 14.5. The minimum absolute atomic E-state index is 0.230. The lowest BCUT2D eigenvalue weighted by atomic mass is 10.0. The van der Waals surface area contributed by atoms with Crippen LogP contribution in [-0.4, -0.2) is 35.4 Å². The highest BCUT2D eigenvalue weighted by Crippen LogP contribution is 2.09. The van der Waals surface area contributed by atoms with Crippen molar-refractivity contribution in [1.29, 1.82) is 0 Å². The zero-order valence-electron chi connectivity index (χ0n) is 11.1. The van der Waals surface area contributed by atoms with Crippen LogP contribution in [-0.2, 0) is 4.79 Å². The maximum absolute atomic E-state index is 10.6. The van der Waals surface area contributed by atoms with Gasteiger partial charge in [0.1, 0.15) is 0 Å². The van der Waals surface area contributed by atoms with Crippen LogP contribution in [0.1, 0.15) is 52.4 Å². The maximum atomic E-state index is 10.6. The Balaban J connectivity index is 3.34. The van der Waals surface area contributed by atoms with Crippen molar-refractivity contribution in [2.24, 2.45) is 5.92 Å². The summed E-state index contributed by atoms with van der Waals surface area (Å²) in [5.41, 5.74) is 0. The summed E-state index contributed by atoms with van der Waals surface area (Å²) in [4.78, 5) is 10.6. The van der Waals surface area contributed by atoms with Crippen LogP contribution in [0.25, 0.3) is 0 Å². The molecule has 0 aromatic rings. The highest BCUT2D eigenvalue weighted by Gasteiger charge is 2.10. The van der Waals surface area contributed by atoms with Crippen LogP contribution in [0.4, 0.5) is 0 Å². The number of carboxylic acid groups (broad SMARTS) is 1. The van der Waals surface area contributed by atoms with Gasteiger partial charge in [-0.15, -0.1) is 0 Å². The van der Waals surface area contributed by atoms with Crippen molar-refractivity contribution in [3.8, 4) is 0 Å². The second kappa shape index (κ2) is 10.5. The van der Waals surface area contributed by atoms with Gasteiger partial charge in [0.05, 0.1) is 5.92 Å². The standard InChI is InChI=1S/C13H27NO3/c1-11(13(16)17)7-6-8-12(2)14-9-4-3-5-10-15/h11-12,14-15H,3-10H2,1-2H3,(H,16,17). The summed E-state index contributed by atoms with van der Waals surface area (Å²) in [5.74, 6) is -0.929. The molecule has 0 amide bonds. The molecule has 0 aromatic carbocycles. The molecule has 4 heteroatoms. The Morgan fingerprint density at radius 2 is 1.82 bits per heavy atom. The van der Waals surface area contributed by atoms with E-state index in [0.717, 1.165) is 45.1 Å². The van der Waals surface area contributed by atoms with Gasteiger partial charge in [0.25, 0.3) is 0 Å². The predicted octanol–water partition coefficient (Wildman–Crippen LogP) is 2.02. The number of aliphatic hydroxyl groups is 1. The van der Waals surface area contributed by atoms with Crippen LogP contribution in [0, 0.1) is 5.92 Å². The minimum Gasteiger partial charge on any atom is -0.481 e. The first kappa shape index (κ1) is 16.4. The Bertz CT molecular complexity index is 197. The number of unbranched alkanes of at least 4 members (excludes halogenated alkanes) is 2. The monoisotopic (exact) mass is 245 g/mol. The van der Waals surface area contributed by atoms with Crippen molar-refractivity contribution in [1.82, 2.24) is 5.32 Å². The molecule has 0 aliphatic heterocycles. The van der Waals surface area contributed by atoms with Crippen molar-refractivity contribution in [3.63, 3.8) is 0 Å². The Labute approximate surface area is 104 Å². The van der Waals surface area contributed by atoms with Gasteiger partial charge in [-0.2, -0.15) is 0 Å². The largest absolute Gasteiger partial charge is 0.481 e. The molecule has 2 atom stereocenters. The van der Waals surface area contributed by atoms with E-state index in [-0.39, 0.29) is 12.5 Å². The molecule has 0 saturated carbocycles. The topological polar surface area (TPSA) is 69.6 Å². The molecule has 3 N–H and O–H groups in total. The van der Waals surface area contributed by atoms with E-state index in [1.807, 2.05) is 0 Å². The summed E-state index contributed by atoms with van der Waals surface area (Å²) in [6.45, 7) is 5.16. The third-order valence-corrected chi connectivity index (χ3v) is 3.02. The van der Waals surface area contributed by atoms with E-state index in [1.54, 1.807) is 6.92 Å². The number of hydrogen-bond acceptors (Lipinski definition) is 3. The average molecular weight is 245 g/mol. The molecular formula is C13H27NO3. The highest BCUT2D eigenvalue weighted by molar-refractivity contribution is 5.69. The first-order chi connectivity index (χ1) is 8.07. The summed E-state index contributed by atoms with van der Waals surface area (Å²) in [5, 5.41) is 20.8. The minimum atomic E-state index is -0.699. The highest BCUT2D eigenvalue weighted by atomic mass is 16.4. The van der Waals surface area contributed by atoms with Gasteiger partial charge < -0.3 is 15.5 Å². The third kappa shape index (κ3) is 10.3. The van der Waals surface area contributed by atoms with Gasteiger partial charge in [-0.3, -0.25) is 4.79 Å². The quantitative estimate of drug-likeness (QED) is 0.487. The van der Waals surface area contributed by atoms with E-state index in [4.69, 9.17) is 10.2 Å². The molecule has 0 rings (SSSR count). The van der Waals surface area contributed by atoms with Gasteiger partial charge >= 0.3 is 5.97 Å². The summed E-state index contributed by atoms with van der Waals surface area (Å²) in [6, 6.07) is 0.449. The Morgan fingerprint density at radius 3 is 2.41 bits per heavy atom. The van der Waals surface area contributed by atoms with E-state index in [0.29, 0.717) is 6.04 Å². The summed E-state index contributed by atoms with van der Waals surface area (Å²) >= 11 is 0. The fraction of sp³-hybridized carbons (Fsp3) is 0.923. The van der Waals surface area contributed by atoms with Gasteiger partial charge in [0, 0.05) is 12.6 Å². The molecule has 0 aromatic heterocycles. The number of nitrogens with one attached hydrogen (secondary N) is 1.